The first kappa shape index (κ1) is 25.6. The molecule has 1 heterocycles. The van der Waals surface area contributed by atoms with E-state index in [4.69, 9.17) is 10.2 Å². The number of amides is 3. The predicted octanol–water partition coefficient (Wildman–Crippen LogP) is 4.90. The summed E-state index contributed by atoms with van der Waals surface area (Å²) in [7, 11) is 1.53. The normalized spacial score (nSPS) is 11.9. The first-order valence-electron chi connectivity index (χ1n) is 11.9. The Hall–Kier alpha value is -4.46. The molecule has 4 rings (SSSR count). The van der Waals surface area contributed by atoms with Gasteiger partial charge < -0.3 is 20.8 Å². The number of rotatable bonds is 8. The van der Waals surface area contributed by atoms with Crippen molar-refractivity contribution in [2.45, 2.75) is 26.3 Å². The van der Waals surface area contributed by atoms with Gasteiger partial charge in [-0.15, -0.1) is 0 Å². The predicted molar refractivity (Wildman–Crippen MR) is 140 cm³/mol. The molecular formula is C29H28FN3O4. The van der Waals surface area contributed by atoms with E-state index in [9.17, 15) is 18.8 Å². The average molecular weight is 502 g/mol. The minimum absolute atomic E-state index is 0.181. The molecule has 3 aromatic carbocycles. The van der Waals surface area contributed by atoms with Gasteiger partial charge in [-0.25, -0.2) is 4.39 Å². The van der Waals surface area contributed by atoms with E-state index >= 15 is 0 Å². The van der Waals surface area contributed by atoms with Gasteiger partial charge in [-0.1, -0.05) is 32.0 Å². The largest absolute Gasteiger partial charge is 0.455 e. The van der Waals surface area contributed by atoms with E-state index in [0.29, 0.717) is 39.8 Å². The fraction of sp³-hybridized carbons (Fsp3) is 0.207. The van der Waals surface area contributed by atoms with Crippen LogP contribution in [0.5, 0.6) is 0 Å². The Morgan fingerprint density at radius 2 is 1.59 bits per heavy atom. The van der Waals surface area contributed by atoms with E-state index in [1.54, 1.807) is 36.4 Å². The van der Waals surface area contributed by atoms with Crippen LogP contribution in [0.4, 0.5) is 4.39 Å². The number of hydrogen-bond donors (Lipinski definition) is 3. The van der Waals surface area contributed by atoms with Gasteiger partial charge in [0.25, 0.3) is 11.8 Å². The van der Waals surface area contributed by atoms with E-state index in [2.05, 4.69) is 10.6 Å². The van der Waals surface area contributed by atoms with Gasteiger partial charge in [0.1, 0.15) is 23.2 Å². The zero-order chi connectivity index (χ0) is 26.7. The quantitative estimate of drug-likeness (QED) is 0.319. The number of benzene rings is 3. The Bertz CT molecular complexity index is 1470. The fourth-order valence-electron chi connectivity index (χ4n) is 4.23. The van der Waals surface area contributed by atoms with Crippen LogP contribution in [0.1, 0.15) is 41.0 Å². The minimum Gasteiger partial charge on any atom is -0.455 e. The number of halogens is 1. The van der Waals surface area contributed by atoms with Crippen LogP contribution in [0.2, 0.25) is 0 Å². The summed E-state index contributed by atoms with van der Waals surface area (Å²) in [5.74, 6) is -1.20. The molecule has 0 spiro atoms. The molecule has 0 bridgehead atoms. The van der Waals surface area contributed by atoms with Crippen molar-refractivity contribution in [2.24, 2.45) is 11.7 Å². The van der Waals surface area contributed by atoms with Crippen LogP contribution in [0.25, 0.3) is 33.4 Å². The number of nitrogens with two attached hydrogens (primary N) is 1. The van der Waals surface area contributed by atoms with Crippen LogP contribution in [0.3, 0.4) is 0 Å². The molecule has 0 radical (unpaired) electrons. The van der Waals surface area contributed by atoms with Crippen molar-refractivity contribution in [2.75, 3.05) is 7.05 Å². The van der Waals surface area contributed by atoms with E-state index in [-0.39, 0.29) is 17.6 Å². The molecule has 7 nitrogen and oxygen atoms in total. The van der Waals surface area contributed by atoms with Gasteiger partial charge in [-0.05, 0) is 72.0 Å². The van der Waals surface area contributed by atoms with Crippen molar-refractivity contribution >= 4 is 28.7 Å². The second-order valence-corrected chi connectivity index (χ2v) is 9.24. The molecule has 4 N–H and O–H groups in total. The topological polar surface area (TPSA) is 114 Å². The third-order valence-corrected chi connectivity index (χ3v) is 6.06. The molecule has 0 aliphatic rings. The van der Waals surface area contributed by atoms with Crippen molar-refractivity contribution in [1.29, 1.82) is 0 Å². The van der Waals surface area contributed by atoms with Gasteiger partial charge in [0.15, 0.2) is 0 Å². The Morgan fingerprint density at radius 3 is 2.24 bits per heavy atom. The van der Waals surface area contributed by atoms with Gasteiger partial charge in [0.2, 0.25) is 5.91 Å². The summed E-state index contributed by atoms with van der Waals surface area (Å²) in [5, 5.41) is 5.94. The third kappa shape index (κ3) is 5.53. The van der Waals surface area contributed by atoms with Crippen molar-refractivity contribution in [1.82, 2.24) is 10.6 Å². The molecule has 1 unspecified atom stereocenters. The van der Waals surface area contributed by atoms with Crippen LogP contribution < -0.4 is 16.4 Å². The van der Waals surface area contributed by atoms with Crippen LogP contribution in [0, 0.1) is 11.7 Å². The lowest BCUT2D eigenvalue weighted by Crippen LogP contribution is -2.45. The summed E-state index contributed by atoms with van der Waals surface area (Å²) >= 11 is 0. The molecule has 190 valence electrons. The maximum atomic E-state index is 13.5. The van der Waals surface area contributed by atoms with Crippen LogP contribution >= 0.6 is 0 Å². The fourth-order valence-corrected chi connectivity index (χ4v) is 4.23. The Morgan fingerprint density at radius 1 is 0.919 bits per heavy atom. The highest BCUT2D eigenvalue weighted by atomic mass is 19.1. The molecule has 1 aromatic heterocycles. The van der Waals surface area contributed by atoms with Gasteiger partial charge in [0.05, 0.1) is 5.56 Å². The van der Waals surface area contributed by atoms with E-state index in [1.165, 1.54) is 19.2 Å². The number of carbonyl (C=O) groups is 3. The second kappa shape index (κ2) is 10.7. The molecule has 0 saturated carbocycles. The van der Waals surface area contributed by atoms with E-state index in [0.717, 1.165) is 11.1 Å². The summed E-state index contributed by atoms with van der Waals surface area (Å²) in [4.78, 5) is 37.5. The molecule has 4 aromatic rings. The Balaban J connectivity index is 1.73. The van der Waals surface area contributed by atoms with Gasteiger partial charge >= 0.3 is 0 Å². The highest BCUT2D eigenvalue weighted by Crippen LogP contribution is 2.36. The summed E-state index contributed by atoms with van der Waals surface area (Å²) in [6.45, 7) is 3.90. The lowest BCUT2D eigenvalue weighted by molar-refractivity contribution is -0.120. The number of carbonyl (C=O) groups excluding carboxylic acids is 3. The van der Waals surface area contributed by atoms with Gasteiger partial charge in [0, 0.05) is 23.6 Å². The smallest absolute Gasteiger partial charge is 0.255 e. The number of primary amides is 1. The molecule has 0 aliphatic heterocycles. The first-order valence-corrected chi connectivity index (χ1v) is 11.9. The summed E-state index contributed by atoms with van der Waals surface area (Å²) in [6, 6.07) is 17.3. The van der Waals surface area contributed by atoms with Crippen molar-refractivity contribution in [3.63, 3.8) is 0 Å². The third-order valence-electron chi connectivity index (χ3n) is 6.06. The van der Waals surface area contributed by atoms with E-state index < -0.39 is 17.9 Å². The number of furan rings is 1. The zero-order valence-electron chi connectivity index (χ0n) is 20.8. The molecule has 8 heteroatoms. The molecule has 37 heavy (non-hydrogen) atoms. The molecule has 0 aliphatic carbocycles. The second-order valence-electron chi connectivity index (χ2n) is 9.24. The van der Waals surface area contributed by atoms with Crippen molar-refractivity contribution in [3.05, 3.63) is 83.7 Å². The lowest BCUT2D eigenvalue weighted by atomic mass is 9.98. The van der Waals surface area contributed by atoms with Crippen LogP contribution in [-0.2, 0) is 4.79 Å². The zero-order valence-corrected chi connectivity index (χ0v) is 20.8. The molecule has 1 atom stereocenters. The molecule has 0 fully saturated rings. The number of hydrogen-bond acceptors (Lipinski definition) is 4. The summed E-state index contributed by atoms with van der Waals surface area (Å²) in [6.07, 6.45) is 0.441. The summed E-state index contributed by atoms with van der Waals surface area (Å²) in [5.41, 5.74) is 8.74. The van der Waals surface area contributed by atoms with Crippen molar-refractivity contribution < 1.29 is 23.2 Å². The molecule has 3 amide bonds. The maximum Gasteiger partial charge on any atom is 0.255 e. The molecular weight excluding hydrogens is 473 g/mol. The van der Waals surface area contributed by atoms with E-state index in [1.807, 2.05) is 32.0 Å². The lowest BCUT2D eigenvalue weighted by Gasteiger charge is -2.17. The average Bonchev–Trinajstić information content (AvgIpc) is 3.26. The Labute approximate surface area is 213 Å². The number of fused-ring (bicyclic) bond motifs is 1. The summed E-state index contributed by atoms with van der Waals surface area (Å²) < 4.78 is 19.5. The Kier molecular flexibility index (Phi) is 7.38. The van der Waals surface area contributed by atoms with Crippen LogP contribution in [-0.4, -0.2) is 30.8 Å². The van der Waals surface area contributed by atoms with Gasteiger partial charge in [-0.2, -0.15) is 0 Å². The van der Waals surface area contributed by atoms with Crippen LogP contribution in [0.15, 0.2) is 71.1 Å². The van der Waals surface area contributed by atoms with Crippen molar-refractivity contribution in [3.8, 4) is 22.5 Å². The molecule has 0 saturated heterocycles. The SMILES string of the molecule is CNC(=O)c1c(-c2ccc(F)cc2)oc2ccc(-c3cccc(C(=O)NC(CC(C)C)C(N)=O)c3)cc12. The number of nitrogens with one attached hydrogen (secondary N) is 2. The standard InChI is InChI=1S/C29H28FN3O4/c1-16(2)13-23(27(31)34)33-28(35)20-6-4-5-18(14-20)19-9-12-24-22(15-19)25(29(36)32-3)26(37-24)17-7-10-21(30)11-8-17/h4-12,14-16,23H,13H2,1-3H3,(H2,31,34)(H,32,36)(H,33,35). The highest BCUT2D eigenvalue weighted by Gasteiger charge is 2.23. The first-order chi connectivity index (χ1) is 17.7. The van der Waals surface area contributed by atoms with Gasteiger partial charge in [-0.3, -0.25) is 14.4 Å². The monoisotopic (exact) mass is 501 g/mol. The maximum absolute atomic E-state index is 13.5. The minimum atomic E-state index is -0.765. The highest BCUT2D eigenvalue weighted by molar-refractivity contribution is 6.12.